The zero-order valence-electron chi connectivity index (χ0n) is 11.3. The predicted molar refractivity (Wildman–Crippen MR) is 99.2 cm³/mol. The van der Waals surface area contributed by atoms with Crippen LogP contribution in [0.1, 0.15) is 17.3 Å². The third-order valence-corrected chi connectivity index (χ3v) is 4.92. The number of benzene rings is 2. The summed E-state index contributed by atoms with van der Waals surface area (Å²) in [5.74, 6) is 0. The third-order valence-electron chi connectivity index (χ3n) is 3.44. The Bertz CT molecular complexity index is 789. The maximum absolute atomic E-state index is 6.38. The summed E-state index contributed by atoms with van der Waals surface area (Å²) in [6.07, 6.45) is 0.733. The van der Waals surface area contributed by atoms with Gasteiger partial charge in [0.15, 0.2) is 0 Å². The van der Waals surface area contributed by atoms with Crippen LogP contribution in [0, 0.1) is 3.57 Å². The van der Waals surface area contributed by atoms with E-state index in [1.807, 2.05) is 24.3 Å². The van der Waals surface area contributed by atoms with Crippen molar-refractivity contribution in [2.24, 2.45) is 5.73 Å². The summed E-state index contributed by atoms with van der Waals surface area (Å²) in [6, 6.07) is 18.5. The molecule has 1 heterocycles. The van der Waals surface area contributed by atoms with Gasteiger partial charge < -0.3 is 5.73 Å². The summed E-state index contributed by atoms with van der Waals surface area (Å²) in [5.41, 5.74) is 9.57. The standard InChI is InChI=1S/C17H14BrIN2/c18-12-6-8-15(19)14(9-12)16(20)10-13-7-5-11-3-1-2-4-17(11)21-13/h1-9,16H,10,20H2. The number of nitrogens with zero attached hydrogens (tertiary/aromatic N) is 1. The number of aromatic nitrogens is 1. The highest BCUT2D eigenvalue weighted by atomic mass is 127. The molecular weight excluding hydrogens is 439 g/mol. The van der Waals surface area contributed by atoms with Crippen LogP contribution in [0.2, 0.25) is 0 Å². The normalized spacial score (nSPS) is 12.5. The Morgan fingerprint density at radius 2 is 1.90 bits per heavy atom. The summed E-state index contributed by atoms with van der Waals surface area (Å²) in [5, 5.41) is 1.16. The van der Waals surface area contributed by atoms with Crippen molar-refractivity contribution in [2.45, 2.75) is 12.5 Å². The van der Waals surface area contributed by atoms with Crippen molar-refractivity contribution in [2.75, 3.05) is 0 Å². The Balaban J connectivity index is 1.88. The minimum absolute atomic E-state index is 0.0527. The lowest BCUT2D eigenvalue weighted by molar-refractivity contribution is 0.705. The highest BCUT2D eigenvalue weighted by Gasteiger charge is 2.12. The van der Waals surface area contributed by atoms with Crippen LogP contribution in [0.3, 0.4) is 0 Å². The predicted octanol–water partition coefficient (Wildman–Crippen LogP) is 4.84. The summed E-state index contributed by atoms with van der Waals surface area (Å²) in [7, 11) is 0. The number of nitrogens with two attached hydrogens (primary N) is 1. The molecule has 0 saturated carbocycles. The monoisotopic (exact) mass is 452 g/mol. The van der Waals surface area contributed by atoms with E-state index in [1.165, 1.54) is 3.57 Å². The van der Waals surface area contributed by atoms with Gasteiger partial charge in [-0.15, -0.1) is 0 Å². The van der Waals surface area contributed by atoms with Crippen LogP contribution in [0.4, 0.5) is 0 Å². The summed E-state index contributed by atoms with van der Waals surface area (Å²) >= 11 is 5.84. The fraction of sp³-hybridized carbons (Fsp3) is 0.118. The quantitative estimate of drug-likeness (QED) is 0.577. The Morgan fingerprint density at radius 1 is 1.10 bits per heavy atom. The van der Waals surface area contributed by atoms with E-state index in [-0.39, 0.29) is 6.04 Å². The van der Waals surface area contributed by atoms with Gasteiger partial charge in [0.2, 0.25) is 0 Å². The molecule has 0 aliphatic heterocycles. The second-order valence-corrected chi connectivity index (χ2v) is 7.05. The van der Waals surface area contributed by atoms with E-state index in [2.05, 4.69) is 68.9 Å². The maximum Gasteiger partial charge on any atom is 0.0705 e. The van der Waals surface area contributed by atoms with Crippen LogP contribution in [0.25, 0.3) is 10.9 Å². The third kappa shape index (κ3) is 3.44. The van der Waals surface area contributed by atoms with E-state index in [0.717, 1.165) is 33.1 Å². The first-order valence-corrected chi connectivity index (χ1v) is 8.56. The molecule has 0 fully saturated rings. The van der Waals surface area contributed by atoms with Gasteiger partial charge in [-0.1, -0.05) is 40.2 Å². The molecule has 0 aliphatic rings. The van der Waals surface area contributed by atoms with Crippen molar-refractivity contribution in [3.8, 4) is 0 Å². The minimum atomic E-state index is -0.0527. The average molecular weight is 453 g/mol. The fourth-order valence-corrected chi connectivity index (χ4v) is 3.47. The van der Waals surface area contributed by atoms with Gasteiger partial charge in [-0.25, -0.2) is 0 Å². The largest absolute Gasteiger partial charge is 0.324 e. The molecular formula is C17H14BrIN2. The smallest absolute Gasteiger partial charge is 0.0705 e. The molecule has 2 N–H and O–H groups in total. The lowest BCUT2D eigenvalue weighted by atomic mass is 10.0. The zero-order valence-corrected chi connectivity index (χ0v) is 15.0. The van der Waals surface area contributed by atoms with Gasteiger partial charge >= 0.3 is 0 Å². The first-order chi connectivity index (χ1) is 10.1. The number of rotatable bonds is 3. The zero-order chi connectivity index (χ0) is 14.8. The van der Waals surface area contributed by atoms with Crippen molar-refractivity contribution in [1.29, 1.82) is 0 Å². The van der Waals surface area contributed by atoms with Crippen LogP contribution in [-0.2, 0) is 6.42 Å². The second-order valence-electron chi connectivity index (χ2n) is 4.97. The second kappa shape index (κ2) is 6.42. The van der Waals surface area contributed by atoms with E-state index in [9.17, 15) is 0 Å². The van der Waals surface area contributed by atoms with Gasteiger partial charge in [0, 0.05) is 31.6 Å². The molecule has 2 nitrogen and oxygen atoms in total. The molecule has 0 spiro atoms. The van der Waals surface area contributed by atoms with Gasteiger partial charge in [0.25, 0.3) is 0 Å². The number of para-hydroxylation sites is 1. The summed E-state index contributed by atoms with van der Waals surface area (Å²) in [6.45, 7) is 0. The first-order valence-electron chi connectivity index (χ1n) is 6.69. The van der Waals surface area contributed by atoms with Gasteiger partial charge in [0.05, 0.1) is 5.52 Å². The number of hydrogen-bond donors (Lipinski definition) is 1. The lowest BCUT2D eigenvalue weighted by Gasteiger charge is -2.14. The Kier molecular flexibility index (Phi) is 4.57. The van der Waals surface area contributed by atoms with Gasteiger partial charge in [-0.2, -0.15) is 0 Å². The molecule has 1 aromatic heterocycles. The number of halogens is 2. The van der Waals surface area contributed by atoms with Crippen LogP contribution < -0.4 is 5.73 Å². The van der Waals surface area contributed by atoms with Crippen molar-refractivity contribution in [1.82, 2.24) is 4.98 Å². The molecule has 3 aromatic rings. The molecule has 1 unspecified atom stereocenters. The van der Waals surface area contributed by atoms with Gasteiger partial charge in [-0.3, -0.25) is 4.98 Å². The van der Waals surface area contributed by atoms with E-state index in [0.29, 0.717) is 0 Å². The number of fused-ring (bicyclic) bond motifs is 1. The first kappa shape index (κ1) is 14.9. The highest BCUT2D eigenvalue weighted by molar-refractivity contribution is 14.1. The van der Waals surface area contributed by atoms with Crippen LogP contribution >= 0.6 is 38.5 Å². The SMILES string of the molecule is NC(Cc1ccc2ccccc2n1)c1cc(Br)ccc1I. The summed E-state index contributed by atoms with van der Waals surface area (Å²) < 4.78 is 2.24. The van der Waals surface area contributed by atoms with Crippen LogP contribution in [0.5, 0.6) is 0 Å². The molecule has 1 atom stereocenters. The topological polar surface area (TPSA) is 38.9 Å². The van der Waals surface area contributed by atoms with Crippen molar-refractivity contribution >= 4 is 49.4 Å². The van der Waals surface area contributed by atoms with Crippen molar-refractivity contribution in [3.63, 3.8) is 0 Å². The van der Waals surface area contributed by atoms with Gasteiger partial charge in [0.1, 0.15) is 0 Å². The molecule has 0 amide bonds. The van der Waals surface area contributed by atoms with Crippen LogP contribution in [0.15, 0.2) is 59.1 Å². The molecule has 106 valence electrons. The van der Waals surface area contributed by atoms with E-state index < -0.39 is 0 Å². The average Bonchev–Trinajstić information content (AvgIpc) is 2.49. The molecule has 0 aliphatic carbocycles. The Hall–Kier alpha value is -0.980. The van der Waals surface area contributed by atoms with Crippen LogP contribution in [-0.4, -0.2) is 4.98 Å². The fourth-order valence-electron chi connectivity index (χ4n) is 2.36. The number of pyridine rings is 1. The highest BCUT2D eigenvalue weighted by Crippen LogP contribution is 2.25. The Labute approximate surface area is 146 Å². The molecule has 0 bridgehead atoms. The minimum Gasteiger partial charge on any atom is -0.324 e. The molecule has 2 aromatic carbocycles. The summed E-state index contributed by atoms with van der Waals surface area (Å²) in [4.78, 5) is 4.70. The Morgan fingerprint density at radius 3 is 2.76 bits per heavy atom. The van der Waals surface area contributed by atoms with E-state index in [4.69, 9.17) is 10.7 Å². The lowest BCUT2D eigenvalue weighted by Crippen LogP contribution is -2.15. The maximum atomic E-state index is 6.38. The van der Waals surface area contributed by atoms with Crippen molar-refractivity contribution < 1.29 is 0 Å². The molecule has 0 radical (unpaired) electrons. The van der Waals surface area contributed by atoms with Crippen molar-refractivity contribution in [3.05, 3.63) is 73.9 Å². The van der Waals surface area contributed by atoms with E-state index in [1.54, 1.807) is 0 Å². The van der Waals surface area contributed by atoms with E-state index >= 15 is 0 Å². The number of hydrogen-bond acceptors (Lipinski definition) is 2. The molecule has 4 heteroatoms. The van der Waals surface area contributed by atoms with Gasteiger partial charge in [-0.05, 0) is 58.5 Å². The molecule has 21 heavy (non-hydrogen) atoms. The molecule has 3 rings (SSSR count). The molecule has 0 saturated heterocycles.